The van der Waals surface area contributed by atoms with Gasteiger partial charge in [-0.05, 0) is 79.1 Å². The minimum atomic E-state index is 0. The van der Waals surface area contributed by atoms with Crippen molar-refractivity contribution in [3.63, 3.8) is 0 Å². The Labute approximate surface area is 155 Å². The van der Waals surface area contributed by atoms with Gasteiger partial charge in [0.15, 0.2) is 0 Å². The molecule has 2 rings (SSSR count). The Morgan fingerprint density at radius 1 is 0.905 bits per heavy atom. The monoisotopic (exact) mass is 439 g/mol. The zero-order valence-corrected chi connectivity index (χ0v) is 16.1. The van der Waals surface area contributed by atoms with E-state index in [1.807, 2.05) is 84.0 Å². The van der Waals surface area contributed by atoms with Crippen molar-refractivity contribution in [1.29, 1.82) is 0 Å². The average molecular weight is 439 g/mol. The van der Waals surface area contributed by atoms with Crippen molar-refractivity contribution in [1.82, 2.24) is 4.90 Å². The average Bonchev–Trinajstić information content (AvgIpc) is 3.00. The molecular formula is C17H22FeINO. The minimum Gasteiger partial charge on any atom is -0.337 e. The molecule has 2 nitrogen and oxygen atoms in total. The van der Waals surface area contributed by atoms with Crippen LogP contribution in [0.4, 0.5) is 0 Å². The molecule has 0 bridgehead atoms. The van der Waals surface area contributed by atoms with Gasteiger partial charge >= 0.3 is 0 Å². The van der Waals surface area contributed by atoms with Crippen LogP contribution in [0.2, 0.25) is 0 Å². The standard InChI is InChI=1S/C12H17INO.C5H5.Fe/c1-8(2)14(9(3)4)12(15)10-6-5-7-11(10)13;1-2-4-5-3-1;/h5-9H,1-4H3;1-5H;. The van der Waals surface area contributed by atoms with Crippen LogP contribution in [-0.4, -0.2) is 22.9 Å². The molecule has 2 aliphatic carbocycles. The molecule has 21 heavy (non-hydrogen) atoms. The third kappa shape index (κ3) is 7.22. The Kier molecular flexibility index (Phi) is 11.7. The summed E-state index contributed by atoms with van der Waals surface area (Å²) in [5.41, 5.74) is 0. The maximum absolute atomic E-state index is 12.2. The van der Waals surface area contributed by atoms with Crippen molar-refractivity contribution < 1.29 is 21.9 Å². The fraction of sp³-hybridized carbons (Fsp3) is 0.353. The van der Waals surface area contributed by atoms with Gasteiger partial charge < -0.3 is 4.90 Å². The Balaban J connectivity index is 0.000000562. The number of halogens is 1. The van der Waals surface area contributed by atoms with Gasteiger partial charge in [0.2, 0.25) is 5.91 Å². The number of hydrogen-bond donors (Lipinski definition) is 0. The van der Waals surface area contributed by atoms with Gasteiger partial charge in [-0.2, -0.15) is 0 Å². The summed E-state index contributed by atoms with van der Waals surface area (Å²) in [6.07, 6.45) is 15.8. The molecule has 0 aromatic rings. The molecule has 0 aromatic carbocycles. The summed E-state index contributed by atoms with van der Waals surface area (Å²) in [7, 11) is 0. The van der Waals surface area contributed by atoms with Crippen LogP contribution in [0.15, 0.2) is 0 Å². The number of rotatable bonds is 3. The summed E-state index contributed by atoms with van der Waals surface area (Å²) in [5.74, 6) is 0.951. The van der Waals surface area contributed by atoms with E-state index in [4.69, 9.17) is 0 Å². The van der Waals surface area contributed by atoms with Crippen LogP contribution in [0.3, 0.4) is 0 Å². The summed E-state index contributed by atoms with van der Waals surface area (Å²) in [5, 5.41) is 0. The fourth-order valence-electron chi connectivity index (χ4n) is 2.10. The van der Waals surface area contributed by atoms with Gasteiger partial charge in [-0.25, -0.2) is 0 Å². The van der Waals surface area contributed by atoms with E-state index in [0.29, 0.717) is 0 Å². The maximum Gasteiger partial charge on any atom is 0.232 e. The van der Waals surface area contributed by atoms with Crippen LogP contribution in [0.25, 0.3) is 0 Å². The second-order valence-corrected chi connectivity index (χ2v) is 6.31. The van der Waals surface area contributed by atoms with Gasteiger partial charge in [0, 0.05) is 29.2 Å². The van der Waals surface area contributed by atoms with E-state index in [-0.39, 0.29) is 35.1 Å². The molecule has 1 amide bonds. The van der Waals surface area contributed by atoms with Crippen molar-refractivity contribution in [2.24, 2.45) is 0 Å². The Bertz CT molecular complexity index is 277. The largest absolute Gasteiger partial charge is 0.337 e. The van der Waals surface area contributed by atoms with Gasteiger partial charge in [0.05, 0.1) is 9.84 Å². The van der Waals surface area contributed by atoms with Crippen LogP contribution < -0.4 is 0 Å². The molecule has 0 aliphatic heterocycles. The van der Waals surface area contributed by atoms with Gasteiger partial charge in [0.1, 0.15) is 0 Å². The van der Waals surface area contributed by atoms with Gasteiger partial charge in [-0.15, -0.1) is 0 Å². The molecule has 2 fully saturated rings. The van der Waals surface area contributed by atoms with Crippen LogP contribution in [0.5, 0.6) is 0 Å². The molecule has 0 spiro atoms. The Morgan fingerprint density at radius 2 is 1.33 bits per heavy atom. The van der Waals surface area contributed by atoms with Crippen molar-refractivity contribution in [2.45, 2.75) is 39.8 Å². The van der Waals surface area contributed by atoms with E-state index in [1.165, 1.54) is 0 Å². The minimum absolute atomic E-state index is 0. The molecule has 0 heterocycles. The van der Waals surface area contributed by atoms with Crippen molar-refractivity contribution >= 4 is 28.5 Å². The number of carbonyl (C=O) groups is 1. The smallest absolute Gasteiger partial charge is 0.232 e. The summed E-state index contributed by atoms with van der Waals surface area (Å²) in [6, 6.07) is 0.478. The number of nitrogens with zero attached hydrogens (tertiary/aromatic N) is 1. The molecule has 116 valence electrons. The van der Waals surface area contributed by atoms with E-state index in [1.54, 1.807) is 0 Å². The zero-order valence-electron chi connectivity index (χ0n) is 12.9. The first-order chi connectivity index (χ1) is 9.45. The molecule has 0 aromatic heterocycles. The third-order valence-electron chi connectivity index (χ3n) is 2.90. The van der Waals surface area contributed by atoms with E-state index in [2.05, 4.69) is 22.6 Å². The fourth-order valence-corrected chi connectivity index (χ4v) is 2.71. The van der Waals surface area contributed by atoms with Crippen LogP contribution >= 0.6 is 22.6 Å². The van der Waals surface area contributed by atoms with Crippen molar-refractivity contribution in [3.05, 3.63) is 61.2 Å². The molecule has 0 unspecified atom stereocenters. The first kappa shape index (κ1) is 21.7. The molecule has 2 saturated carbocycles. The first-order valence-electron chi connectivity index (χ1n) is 6.85. The number of hydrogen-bond acceptors (Lipinski definition) is 1. The molecular weight excluding hydrogens is 417 g/mol. The SMILES string of the molecule is CC(C)N(C(=O)[C]1[CH][CH][CH][C]1I)C(C)C.[CH]1[CH][CH][CH][CH]1.[Fe]. The predicted molar refractivity (Wildman–Crippen MR) is 92.0 cm³/mol. The quantitative estimate of drug-likeness (QED) is 0.484. The number of carbonyl (C=O) groups excluding carboxylic acids is 1. The summed E-state index contributed by atoms with van der Waals surface area (Å²) >= 11 is 2.20. The zero-order chi connectivity index (χ0) is 15.1. The molecule has 0 saturated heterocycles. The van der Waals surface area contributed by atoms with Crippen LogP contribution in [0.1, 0.15) is 27.7 Å². The normalized spacial score (nSPS) is 19.4. The molecule has 10 radical (unpaired) electrons. The molecule has 0 N–H and O–H groups in total. The summed E-state index contributed by atoms with van der Waals surface area (Å²) in [6.45, 7) is 8.20. The summed E-state index contributed by atoms with van der Waals surface area (Å²) in [4.78, 5) is 14.1. The Hall–Kier alpha value is 0.719. The molecule has 0 atom stereocenters. The number of amides is 1. The van der Waals surface area contributed by atoms with E-state index >= 15 is 0 Å². The predicted octanol–water partition coefficient (Wildman–Crippen LogP) is 3.82. The van der Waals surface area contributed by atoms with E-state index in [0.717, 1.165) is 9.84 Å². The van der Waals surface area contributed by atoms with Crippen LogP contribution in [-0.2, 0) is 21.9 Å². The van der Waals surface area contributed by atoms with Gasteiger partial charge in [-0.3, -0.25) is 4.79 Å². The van der Waals surface area contributed by atoms with Crippen molar-refractivity contribution in [3.8, 4) is 0 Å². The maximum atomic E-state index is 12.2. The van der Waals surface area contributed by atoms with Crippen molar-refractivity contribution in [2.75, 3.05) is 0 Å². The third-order valence-corrected chi connectivity index (χ3v) is 3.84. The van der Waals surface area contributed by atoms with Gasteiger partial charge in [0.25, 0.3) is 0 Å². The second kappa shape index (κ2) is 11.3. The Morgan fingerprint density at radius 3 is 1.62 bits per heavy atom. The summed E-state index contributed by atoms with van der Waals surface area (Å²) < 4.78 is 1.03. The molecule has 4 heteroatoms. The topological polar surface area (TPSA) is 20.3 Å². The molecule has 2 aliphatic rings. The first-order valence-corrected chi connectivity index (χ1v) is 7.93. The second-order valence-electron chi connectivity index (χ2n) is 5.15. The van der Waals surface area contributed by atoms with E-state index < -0.39 is 0 Å². The van der Waals surface area contributed by atoms with Crippen LogP contribution in [0, 0.1) is 61.2 Å². The van der Waals surface area contributed by atoms with E-state index in [9.17, 15) is 4.79 Å². The van der Waals surface area contributed by atoms with Gasteiger partial charge in [-0.1, -0.05) is 22.6 Å².